The Balaban J connectivity index is 1.67. The van der Waals surface area contributed by atoms with Crippen molar-refractivity contribution in [3.05, 3.63) is 83.2 Å². The summed E-state index contributed by atoms with van der Waals surface area (Å²) >= 11 is 1.42. The Hall–Kier alpha value is -3.58. The molecule has 1 atom stereocenters. The molecule has 1 N–H and O–H groups in total. The van der Waals surface area contributed by atoms with E-state index in [2.05, 4.69) is 5.32 Å². The van der Waals surface area contributed by atoms with E-state index >= 15 is 0 Å². The molecule has 1 unspecified atom stereocenters. The van der Waals surface area contributed by atoms with Crippen LogP contribution in [-0.4, -0.2) is 16.8 Å². The highest BCUT2D eigenvalue weighted by molar-refractivity contribution is 7.22. The number of rotatable bonds is 3. The largest absolute Gasteiger partial charge is 0.326 e. The summed E-state index contributed by atoms with van der Waals surface area (Å²) in [6, 6.07) is 17.8. The van der Waals surface area contributed by atoms with Gasteiger partial charge in [0.1, 0.15) is 5.82 Å². The maximum absolute atomic E-state index is 14.0. The molecule has 0 fully saturated rings. The quantitative estimate of drug-likeness (QED) is 0.431. The maximum Gasteiger partial charge on any atom is 0.241 e. The minimum atomic E-state index is -0.743. The molecule has 5 rings (SSSR count). The molecule has 0 saturated carbocycles. The van der Waals surface area contributed by atoms with E-state index in [0.717, 1.165) is 21.3 Å². The van der Waals surface area contributed by atoms with Crippen molar-refractivity contribution >= 4 is 49.9 Å². The first-order valence-electron chi connectivity index (χ1n) is 10.3. The van der Waals surface area contributed by atoms with E-state index < -0.39 is 11.7 Å². The van der Waals surface area contributed by atoms with Crippen LogP contribution in [0.15, 0.2) is 60.7 Å². The number of halogens is 1. The lowest BCUT2D eigenvalue weighted by atomic mass is 9.89. The van der Waals surface area contributed by atoms with Gasteiger partial charge >= 0.3 is 0 Å². The Kier molecular flexibility index (Phi) is 4.98. The van der Waals surface area contributed by atoms with Crippen molar-refractivity contribution in [1.29, 1.82) is 0 Å². The number of fused-ring (bicyclic) bond motifs is 2. The number of benzene rings is 3. The van der Waals surface area contributed by atoms with Crippen LogP contribution in [0, 0.1) is 19.7 Å². The standard InChI is InChI=1S/C25H20FN3O2S/c1-14-9-15(2)11-17(10-14)29(25-28-20-5-3-4-6-22(20)32-25)24(31)19-13-23(30)27-21-12-16(26)7-8-18(19)21/h3-12,19H,13H2,1-2H3,(H,27,30). The molecule has 2 heterocycles. The fourth-order valence-corrected chi connectivity index (χ4v) is 5.17. The number of anilines is 3. The zero-order valence-electron chi connectivity index (χ0n) is 17.6. The molecule has 5 nitrogen and oxygen atoms in total. The summed E-state index contributed by atoms with van der Waals surface area (Å²) in [7, 11) is 0. The molecule has 1 aliphatic rings. The number of para-hydroxylation sites is 1. The first-order chi connectivity index (χ1) is 15.4. The van der Waals surface area contributed by atoms with Gasteiger partial charge in [0.25, 0.3) is 0 Å². The first-order valence-corrected chi connectivity index (χ1v) is 11.1. The van der Waals surface area contributed by atoms with Crippen molar-refractivity contribution in [2.75, 3.05) is 10.2 Å². The van der Waals surface area contributed by atoms with Crippen molar-refractivity contribution in [2.24, 2.45) is 0 Å². The highest BCUT2D eigenvalue weighted by Gasteiger charge is 2.36. The summed E-state index contributed by atoms with van der Waals surface area (Å²) in [5, 5.41) is 3.22. The Labute approximate surface area is 188 Å². The van der Waals surface area contributed by atoms with Crippen LogP contribution in [0.5, 0.6) is 0 Å². The van der Waals surface area contributed by atoms with E-state index in [-0.39, 0.29) is 18.2 Å². The third-order valence-electron chi connectivity index (χ3n) is 5.51. The number of nitrogens with one attached hydrogen (secondary N) is 1. The summed E-state index contributed by atoms with van der Waals surface area (Å²) in [5.74, 6) is -1.79. The lowest BCUT2D eigenvalue weighted by molar-refractivity contribution is -0.124. The third-order valence-corrected chi connectivity index (χ3v) is 6.53. The van der Waals surface area contributed by atoms with Crippen LogP contribution in [-0.2, 0) is 9.59 Å². The van der Waals surface area contributed by atoms with Gasteiger partial charge in [-0.05, 0) is 66.9 Å². The second-order valence-corrected chi connectivity index (χ2v) is 9.03. The summed E-state index contributed by atoms with van der Waals surface area (Å²) in [6.45, 7) is 3.95. The maximum atomic E-state index is 14.0. The first kappa shape index (κ1) is 20.3. The number of carbonyl (C=O) groups excluding carboxylic acids is 2. The Bertz CT molecular complexity index is 1330. The number of carbonyl (C=O) groups is 2. The van der Waals surface area contributed by atoms with E-state index in [1.165, 1.54) is 23.5 Å². The second kappa shape index (κ2) is 7.84. The highest BCUT2D eigenvalue weighted by Crippen LogP contribution is 2.40. The third kappa shape index (κ3) is 3.65. The van der Waals surface area contributed by atoms with Gasteiger partial charge in [0.2, 0.25) is 11.8 Å². The number of thiazole rings is 1. The molecule has 0 spiro atoms. The van der Waals surface area contributed by atoms with Gasteiger partial charge < -0.3 is 5.32 Å². The summed E-state index contributed by atoms with van der Waals surface area (Å²) in [4.78, 5) is 32.7. The smallest absolute Gasteiger partial charge is 0.241 e. The number of hydrogen-bond donors (Lipinski definition) is 1. The van der Waals surface area contributed by atoms with Crippen molar-refractivity contribution in [3.8, 4) is 0 Å². The highest BCUT2D eigenvalue weighted by atomic mass is 32.1. The average molecular weight is 446 g/mol. The van der Waals surface area contributed by atoms with E-state index in [1.807, 2.05) is 56.3 Å². The molecular weight excluding hydrogens is 425 g/mol. The van der Waals surface area contributed by atoms with Crippen LogP contribution in [0.4, 0.5) is 20.9 Å². The molecule has 0 saturated heterocycles. The SMILES string of the molecule is Cc1cc(C)cc(N(C(=O)C2CC(=O)Nc3cc(F)ccc32)c2nc3ccccc3s2)c1. The van der Waals surface area contributed by atoms with E-state index in [9.17, 15) is 14.0 Å². The molecule has 2 amide bonds. The summed E-state index contributed by atoms with van der Waals surface area (Å²) in [6.07, 6.45) is -0.0103. The van der Waals surface area contributed by atoms with Crippen LogP contribution in [0.1, 0.15) is 29.0 Å². The fraction of sp³-hybridized carbons (Fsp3) is 0.160. The van der Waals surface area contributed by atoms with Crippen LogP contribution in [0.3, 0.4) is 0 Å². The van der Waals surface area contributed by atoms with E-state index in [1.54, 1.807) is 11.0 Å². The molecule has 7 heteroatoms. The van der Waals surface area contributed by atoms with Crippen molar-refractivity contribution in [2.45, 2.75) is 26.2 Å². The zero-order valence-corrected chi connectivity index (χ0v) is 18.4. The number of amides is 2. The molecule has 0 radical (unpaired) electrons. The van der Waals surface area contributed by atoms with Gasteiger partial charge in [-0.1, -0.05) is 35.6 Å². The van der Waals surface area contributed by atoms with Crippen LogP contribution < -0.4 is 10.2 Å². The van der Waals surface area contributed by atoms with Gasteiger partial charge in [-0.3, -0.25) is 14.5 Å². The monoisotopic (exact) mass is 445 g/mol. The minimum absolute atomic E-state index is 0.0103. The average Bonchev–Trinajstić information content (AvgIpc) is 3.15. The zero-order chi connectivity index (χ0) is 22.4. The predicted molar refractivity (Wildman–Crippen MR) is 125 cm³/mol. The molecule has 4 aromatic rings. The molecule has 3 aromatic carbocycles. The Morgan fingerprint density at radius 2 is 1.84 bits per heavy atom. The van der Waals surface area contributed by atoms with Crippen molar-refractivity contribution < 1.29 is 14.0 Å². The molecule has 1 aliphatic heterocycles. The topological polar surface area (TPSA) is 62.3 Å². The van der Waals surface area contributed by atoms with Gasteiger partial charge in [0.15, 0.2) is 5.13 Å². The van der Waals surface area contributed by atoms with Crippen LogP contribution >= 0.6 is 11.3 Å². The second-order valence-electron chi connectivity index (χ2n) is 8.02. The molecule has 160 valence electrons. The van der Waals surface area contributed by atoms with E-state index in [4.69, 9.17) is 4.98 Å². The molecule has 32 heavy (non-hydrogen) atoms. The summed E-state index contributed by atoms with van der Waals surface area (Å²) in [5.41, 5.74) is 4.47. The molecular formula is C25H20FN3O2S. The Morgan fingerprint density at radius 1 is 1.09 bits per heavy atom. The number of aromatic nitrogens is 1. The minimum Gasteiger partial charge on any atom is -0.326 e. The van der Waals surface area contributed by atoms with Gasteiger partial charge in [-0.2, -0.15) is 0 Å². The number of aryl methyl sites for hydroxylation is 2. The molecule has 1 aromatic heterocycles. The van der Waals surface area contributed by atoms with Crippen molar-refractivity contribution in [1.82, 2.24) is 4.98 Å². The van der Waals surface area contributed by atoms with Crippen molar-refractivity contribution in [3.63, 3.8) is 0 Å². The number of hydrogen-bond acceptors (Lipinski definition) is 4. The predicted octanol–water partition coefficient (Wildman–Crippen LogP) is 5.84. The van der Waals surface area contributed by atoms with Crippen LogP contribution in [0.25, 0.3) is 10.2 Å². The Morgan fingerprint density at radius 3 is 2.59 bits per heavy atom. The lowest BCUT2D eigenvalue weighted by Crippen LogP contribution is -2.36. The van der Waals surface area contributed by atoms with Gasteiger partial charge in [-0.15, -0.1) is 0 Å². The molecule has 0 bridgehead atoms. The summed E-state index contributed by atoms with van der Waals surface area (Å²) < 4.78 is 14.8. The number of nitrogens with zero attached hydrogens (tertiary/aromatic N) is 2. The van der Waals surface area contributed by atoms with Gasteiger partial charge in [0, 0.05) is 12.1 Å². The fourth-order valence-electron chi connectivity index (χ4n) is 4.18. The molecule has 0 aliphatic carbocycles. The van der Waals surface area contributed by atoms with Gasteiger partial charge in [-0.25, -0.2) is 9.37 Å². The normalized spacial score (nSPS) is 15.3. The van der Waals surface area contributed by atoms with Crippen LogP contribution in [0.2, 0.25) is 0 Å². The lowest BCUT2D eigenvalue weighted by Gasteiger charge is -2.30. The van der Waals surface area contributed by atoms with Gasteiger partial charge in [0.05, 0.1) is 21.8 Å². The van der Waals surface area contributed by atoms with E-state index in [0.29, 0.717) is 22.1 Å².